The van der Waals surface area contributed by atoms with Gasteiger partial charge in [0.05, 0.1) is 11.4 Å². The fraction of sp³-hybridized carbons (Fsp3) is 0.333. The Kier molecular flexibility index (Phi) is 4.08. The second-order valence-corrected chi connectivity index (χ2v) is 7.45. The van der Waals surface area contributed by atoms with Crippen molar-refractivity contribution in [1.82, 2.24) is 5.16 Å². The smallest absolute Gasteiger partial charge is 0.256 e. The molecule has 0 saturated carbocycles. The Morgan fingerprint density at radius 3 is 2.83 bits per heavy atom. The number of aryl methyl sites for hydroxylation is 1. The van der Waals surface area contributed by atoms with Gasteiger partial charge in [0.1, 0.15) is 6.26 Å². The highest BCUT2D eigenvalue weighted by Gasteiger charge is 2.27. The third-order valence-electron chi connectivity index (χ3n) is 3.77. The number of amides is 1. The zero-order chi connectivity index (χ0) is 16.4. The second kappa shape index (κ2) is 6.04. The van der Waals surface area contributed by atoms with Gasteiger partial charge in [-0.3, -0.25) is 9.10 Å². The zero-order valence-corrected chi connectivity index (χ0v) is 13.5. The van der Waals surface area contributed by atoms with E-state index in [-0.39, 0.29) is 11.7 Å². The van der Waals surface area contributed by atoms with Crippen LogP contribution < -0.4 is 9.62 Å². The summed E-state index contributed by atoms with van der Waals surface area (Å²) >= 11 is 0. The van der Waals surface area contributed by atoms with E-state index in [1.54, 1.807) is 18.2 Å². The summed E-state index contributed by atoms with van der Waals surface area (Å²) in [4.78, 5) is 12.3. The van der Waals surface area contributed by atoms with Crippen LogP contribution in [-0.4, -0.2) is 31.8 Å². The van der Waals surface area contributed by atoms with E-state index in [2.05, 4.69) is 15.0 Å². The molecule has 0 spiro atoms. The van der Waals surface area contributed by atoms with Crippen molar-refractivity contribution in [2.24, 2.45) is 0 Å². The van der Waals surface area contributed by atoms with Crippen molar-refractivity contribution < 1.29 is 17.7 Å². The highest BCUT2D eigenvalue weighted by atomic mass is 32.2. The van der Waals surface area contributed by atoms with Crippen LogP contribution in [0.4, 0.5) is 11.5 Å². The van der Waals surface area contributed by atoms with Gasteiger partial charge in [0.2, 0.25) is 10.0 Å². The maximum atomic E-state index is 12.3. The number of hydrogen-bond donors (Lipinski definition) is 1. The molecule has 7 nitrogen and oxygen atoms in total. The third kappa shape index (κ3) is 3.21. The van der Waals surface area contributed by atoms with Gasteiger partial charge in [-0.05, 0) is 37.5 Å². The number of carbonyl (C=O) groups is 1. The molecule has 23 heavy (non-hydrogen) atoms. The zero-order valence-electron chi connectivity index (χ0n) is 12.7. The molecule has 0 radical (unpaired) electrons. The molecule has 1 saturated heterocycles. The molecule has 1 aliphatic heterocycles. The number of sulfonamides is 1. The summed E-state index contributed by atoms with van der Waals surface area (Å²) in [5.74, 6) is 0.0826. The molecule has 1 fully saturated rings. The monoisotopic (exact) mass is 335 g/mol. The van der Waals surface area contributed by atoms with Gasteiger partial charge < -0.3 is 9.84 Å². The number of carbonyl (C=O) groups excluding carboxylic acids is 1. The molecule has 0 unspecified atom stereocenters. The van der Waals surface area contributed by atoms with E-state index in [1.807, 2.05) is 6.92 Å². The molecule has 1 aromatic carbocycles. The number of benzene rings is 1. The highest BCUT2D eigenvalue weighted by molar-refractivity contribution is 7.92. The van der Waals surface area contributed by atoms with E-state index < -0.39 is 10.0 Å². The molecule has 0 bridgehead atoms. The van der Waals surface area contributed by atoms with Crippen molar-refractivity contribution in [1.29, 1.82) is 0 Å². The van der Waals surface area contributed by atoms with Crippen LogP contribution in [0.3, 0.4) is 0 Å². The maximum absolute atomic E-state index is 12.3. The summed E-state index contributed by atoms with van der Waals surface area (Å²) in [5.41, 5.74) is 1.74. The predicted molar refractivity (Wildman–Crippen MR) is 86.0 cm³/mol. The van der Waals surface area contributed by atoms with Crippen LogP contribution in [0.5, 0.6) is 0 Å². The molecule has 3 rings (SSSR count). The van der Waals surface area contributed by atoms with Crippen molar-refractivity contribution in [3.05, 3.63) is 41.7 Å². The Labute approximate surface area is 134 Å². The second-order valence-electron chi connectivity index (χ2n) is 5.44. The lowest BCUT2D eigenvalue weighted by Gasteiger charge is -2.29. The van der Waals surface area contributed by atoms with Crippen molar-refractivity contribution in [3.8, 4) is 0 Å². The quantitative estimate of drug-likeness (QED) is 0.928. The standard InChI is InChI=1S/C15H17N3O4S/c1-11-4-5-12(15(19)16-14-6-8-22-17-14)10-13(11)18-7-2-3-9-23(18,20)21/h4-6,8,10H,2-3,7,9H2,1H3,(H,16,17,19). The average Bonchev–Trinajstić information content (AvgIpc) is 3.00. The van der Waals surface area contributed by atoms with E-state index in [1.165, 1.54) is 16.6 Å². The van der Waals surface area contributed by atoms with Gasteiger partial charge in [-0.1, -0.05) is 11.2 Å². The third-order valence-corrected chi connectivity index (χ3v) is 5.62. The lowest BCUT2D eigenvalue weighted by molar-refractivity contribution is 0.102. The molecule has 0 aliphatic carbocycles. The Hall–Kier alpha value is -2.35. The van der Waals surface area contributed by atoms with Gasteiger partial charge in [0.25, 0.3) is 5.91 Å². The lowest BCUT2D eigenvalue weighted by Crippen LogP contribution is -2.38. The lowest BCUT2D eigenvalue weighted by atomic mass is 10.1. The van der Waals surface area contributed by atoms with Gasteiger partial charge in [-0.2, -0.15) is 0 Å². The summed E-state index contributed by atoms with van der Waals surface area (Å²) in [5, 5.41) is 6.22. The first-order valence-corrected chi connectivity index (χ1v) is 8.91. The number of rotatable bonds is 3. The fourth-order valence-electron chi connectivity index (χ4n) is 2.54. The number of anilines is 2. The minimum Gasteiger partial charge on any atom is -0.363 e. The van der Waals surface area contributed by atoms with Crippen molar-refractivity contribution in [3.63, 3.8) is 0 Å². The number of nitrogens with one attached hydrogen (secondary N) is 1. The molecule has 1 amide bonds. The van der Waals surface area contributed by atoms with Crippen molar-refractivity contribution in [2.45, 2.75) is 19.8 Å². The first-order valence-electron chi connectivity index (χ1n) is 7.30. The SMILES string of the molecule is Cc1ccc(C(=O)Nc2ccon2)cc1N1CCCCS1(=O)=O. The summed E-state index contributed by atoms with van der Waals surface area (Å²) in [6, 6.07) is 6.54. The largest absolute Gasteiger partial charge is 0.363 e. The van der Waals surface area contributed by atoms with E-state index in [0.717, 1.165) is 12.0 Å². The van der Waals surface area contributed by atoms with Crippen LogP contribution in [-0.2, 0) is 10.0 Å². The Morgan fingerprint density at radius 1 is 1.30 bits per heavy atom. The van der Waals surface area contributed by atoms with E-state index in [4.69, 9.17) is 0 Å². The Bertz CT molecular complexity index is 815. The van der Waals surface area contributed by atoms with Gasteiger partial charge in [-0.15, -0.1) is 0 Å². The summed E-state index contributed by atoms with van der Waals surface area (Å²) in [6.07, 6.45) is 2.84. The maximum Gasteiger partial charge on any atom is 0.256 e. The van der Waals surface area contributed by atoms with Crippen molar-refractivity contribution in [2.75, 3.05) is 21.9 Å². The molecular formula is C15H17N3O4S. The number of hydrogen-bond acceptors (Lipinski definition) is 5. The van der Waals surface area contributed by atoms with Crippen LogP contribution in [0.15, 0.2) is 35.1 Å². The molecule has 0 atom stereocenters. The summed E-state index contributed by atoms with van der Waals surface area (Å²) < 4.78 is 30.6. The van der Waals surface area contributed by atoms with E-state index in [0.29, 0.717) is 30.0 Å². The molecule has 8 heteroatoms. The topological polar surface area (TPSA) is 92.5 Å². The van der Waals surface area contributed by atoms with Crippen LogP contribution in [0.1, 0.15) is 28.8 Å². The van der Waals surface area contributed by atoms with Gasteiger partial charge in [-0.25, -0.2) is 8.42 Å². The van der Waals surface area contributed by atoms with Crippen LogP contribution in [0, 0.1) is 6.92 Å². The fourth-order valence-corrected chi connectivity index (χ4v) is 4.24. The molecule has 1 aromatic heterocycles. The van der Waals surface area contributed by atoms with Crippen LogP contribution >= 0.6 is 0 Å². The Morgan fingerprint density at radius 2 is 2.13 bits per heavy atom. The minimum absolute atomic E-state index is 0.141. The summed E-state index contributed by atoms with van der Waals surface area (Å²) in [6.45, 7) is 2.27. The molecule has 2 aromatic rings. The molecule has 1 N–H and O–H groups in total. The normalized spacial score (nSPS) is 17.0. The molecular weight excluding hydrogens is 318 g/mol. The van der Waals surface area contributed by atoms with Gasteiger partial charge in [0, 0.05) is 18.2 Å². The average molecular weight is 335 g/mol. The van der Waals surface area contributed by atoms with Crippen LogP contribution in [0.25, 0.3) is 0 Å². The van der Waals surface area contributed by atoms with Gasteiger partial charge in [0.15, 0.2) is 5.82 Å². The first kappa shape index (κ1) is 15.5. The van der Waals surface area contributed by atoms with Gasteiger partial charge >= 0.3 is 0 Å². The molecule has 1 aliphatic rings. The predicted octanol–water partition coefficient (Wildman–Crippen LogP) is 2.17. The number of nitrogens with zero attached hydrogens (tertiary/aromatic N) is 2. The molecule has 2 heterocycles. The van der Waals surface area contributed by atoms with E-state index in [9.17, 15) is 13.2 Å². The Balaban J connectivity index is 1.91. The number of aromatic nitrogens is 1. The summed E-state index contributed by atoms with van der Waals surface area (Å²) in [7, 11) is -3.32. The minimum atomic E-state index is -3.32. The highest BCUT2D eigenvalue weighted by Crippen LogP contribution is 2.28. The van der Waals surface area contributed by atoms with Crippen LogP contribution in [0.2, 0.25) is 0 Å². The van der Waals surface area contributed by atoms with E-state index >= 15 is 0 Å². The first-order chi connectivity index (χ1) is 11.0. The van der Waals surface area contributed by atoms with Crippen molar-refractivity contribution >= 4 is 27.4 Å². The molecule has 122 valence electrons.